The molecule has 0 aliphatic carbocycles. The van der Waals surface area contributed by atoms with Crippen molar-refractivity contribution in [3.63, 3.8) is 0 Å². The molecule has 2 atom stereocenters. The van der Waals surface area contributed by atoms with Gasteiger partial charge in [0.2, 0.25) is 0 Å². The van der Waals surface area contributed by atoms with E-state index in [2.05, 4.69) is 61.5 Å². The molecule has 1 aromatic rings. The van der Waals surface area contributed by atoms with Crippen LogP contribution in [0.3, 0.4) is 0 Å². The molecule has 42 heavy (non-hydrogen) atoms. The van der Waals surface area contributed by atoms with E-state index in [0.717, 1.165) is 54.5 Å². The largest absolute Gasteiger partial charge is 0.507 e. The summed E-state index contributed by atoms with van der Waals surface area (Å²) in [5.41, 5.74) is 3.96. The number of hydrogen-bond acceptors (Lipinski definition) is 7. The van der Waals surface area contributed by atoms with Crippen LogP contribution in [0, 0.1) is 18.8 Å². The quantitative estimate of drug-likeness (QED) is 0.102. The van der Waals surface area contributed by atoms with Crippen molar-refractivity contribution < 1.29 is 24.2 Å². The predicted octanol–water partition coefficient (Wildman–Crippen LogP) is 9.76. The molecule has 7 heteroatoms. The zero-order valence-corrected chi connectivity index (χ0v) is 29.6. The zero-order chi connectivity index (χ0) is 31.5. The molecule has 0 radical (unpaired) electrons. The average molecular weight is 625 g/mol. The van der Waals surface area contributed by atoms with Crippen LogP contribution in [0.4, 0.5) is 0 Å². The summed E-state index contributed by atoms with van der Waals surface area (Å²) in [6, 6.07) is 2.13. The Labute approximate surface area is 266 Å². The van der Waals surface area contributed by atoms with Crippen LogP contribution in [0.2, 0.25) is 0 Å². The number of hydrogen-bond donors (Lipinski definition) is 1. The lowest BCUT2D eigenvalue weighted by molar-refractivity contribution is -0.145. The van der Waals surface area contributed by atoms with Crippen LogP contribution in [0.25, 0.3) is 0 Å². The van der Waals surface area contributed by atoms with Crippen molar-refractivity contribution in [1.29, 1.82) is 0 Å². The Kier molecular flexibility index (Phi) is 19.7. The number of unbranched alkanes of at least 4 members (excludes halogenated alkanes) is 2. The average Bonchev–Trinajstić information content (AvgIpc) is 2.95. The fourth-order valence-corrected chi connectivity index (χ4v) is 6.80. The van der Waals surface area contributed by atoms with Gasteiger partial charge in [-0.3, -0.25) is 9.59 Å². The van der Waals surface area contributed by atoms with E-state index >= 15 is 0 Å². The third-order valence-corrected chi connectivity index (χ3v) is 10.0. The molecule has 0 saturated heterocycles. The van der Waals surface area contributed by atoms with Gasteiger partial charge in [-0.1, -0.05) is 93.1 Å². The molecule has 0 aliphatic rings. The van der Waals surface area contributed by atoms with Gasteiger partial charge in [0.1, 0.15) is 5.75 Å². The van der Waals surface area contributed by atoms with Gasteiger partial charge in [-0.15, -0.1) is 0 Å². The summed E-state index contributed by atoms with van der Waals surface area (Å²) in [4.78, 5) is 24.6. The van der Waals surface area contributed by atoms with Gasteiger partial charge in [0, 0.05) is 28.6 Å². The molecule has 0 amide bonds. The molecule has 1 aromatic carbocycles. The molecule has 0 heterocycles. The first-order valence-electron chi connectivity index (χ1n) is 16.3. The van der Waals surface area contributed by atoms with Gasteiger partial charge in [0.25, 0.3) is 0 Å². The van der Waals surface area contributed by atoms with Gasteiger partial charge in [-0.05, 0) is 53.7 Å². The highest BCUT2D eigenvalue weighted by Crippen LogP contribution is 2.39. The number of esters is 2. The second kappa shape index (κ2) is 21.4. The number of phenolic OH excluding ortho intramolecular Hbond substituents is 1. The first kappa shape index (κ1) is 38.7. The minimum absolute atomic E-state index is 0.114. The van der Waals surface area contributed by atoms with Crippen molar-refractivity contribution in [3.05, 3.63) is 28.3 Å². The number of carbonyl (C=O) groups excluding carboxylic acids is 2. The maximum atomic E-state index is 12.3. The van der Waals surface area contributed by atoms with Crippen molar-refractivity contribution in [2.24, 2.45) is 11.8 Å². The van der Waals surface area contributed by atoms with Gasteiger partial charge in [-0.25, -0.2) is 0 Å². The van der Waals surface area contributed by atoms with Gasteiger partial charge in [0.05, 0.1) is 26.1 Å². The maximum Gasteiger partial charge on any atom is 0.306 e. The van der Waals surface area contributed by atoms with E-state index in [9.17, 15) is 14.7 Å². The zero-order valence-electron chi connectivity index (χ0n) is 27.9. The molecule has 0 bridgehead atoms. The molecular weight excluding hydrogens is 565 g/mol. The fourth-order valence-electron chi connectivity index (χ4n) is 4.81. The number of rotatable bonds is 22. The highest BCUT2D eigenvalue weighted by molar-refractivity contribution is 7.98. The molecule has 2 unspecified atom stereocenters. The van der Waals surface area contributed by atoms with E-state index in [0.29, 0.717) is 60.9 Å². The van der Waals surface area contributed by atoms with Gasteiger partial charge in [-0.2, -0.15) is 23.5 Å². The third-order valence-electron chi connectivity index (χ3n) is 8.05. The lowest BCUT2D eigenvalue weighted by Gasteiger charge is -2.25. The molecule has 0 spiro atoms. The Morgan fingerprint density at radius 3 is 1.74 bits per heavy atom. The summed E-state index contributed by atoms with van der Waals surface area (Å²) < 4.78 is 11.1. The van der Waals surface area contributed by atoms with Gasteiger partial charge >= 0.3 is 11.9 Å². The van der Waals surface area contributed by atoms with E-state index in [4.69, 9.17) is 9.47 Å². The molecule has 1 N–H and O–H groups in total. The molecule has 0 aromatic heterocycles. The fraction of sp³-hybridized carbons (Fsp3) is 0.771. The van der Waals surface area contributed by atoms with Crippen LogP contribution in [-0.4, -0.2) is 41.8 Å². The van der Waals surface area contributed by atoms with Crippen molar-refractivity contribution in [1.82, 2.24) is 0 Å². The van der Waals surface area contributed by atoms with Crippen LogP contribution in [0.5, 0.6) is 5.75 Å². The van der Waals surface area contributed by atoms with Crippen LogP contribution in [-0.2, 0) is 36.0 Å². The lowest BCUT2D eigenvalue weighted by Crippen LogP contribution is -2.15. The molecule has 0 aliphatic heterocycles. The van der Waals surface area contributed by atoms with E-state index in [1.54, 1.807) is 23.5 Å². The van der Waals surface area contributed by atoms with Crippen LogP contribution in [0.1, 0.15) is 135 Å². The SMILES string of the molecule is CCCCC(CC)COC(=O)CCSCc1cc(C(C)(C)C)c(O)c(CSCCC(=O)OCC(CC)CCCC)c1C. The number of carbonyl (C=O) groups is 2. The summed E-state index contributed by atoms with van der Waals surface area (Å²) in [7, 11) is 0. The van der Waals surface area contributed by atoms with Crippen LogP contribution >= 0.6 is 23.5 Å². The molecule has 242 valence electrons. The van der Waals surface area contributed by atoms with E-state index in [1.165, 1.54) is 24.8 Å². The first-order chi connectivity index (χ1) is 20.0. The summed E-state index contributed by atoms with van der Waals surface area (Å²) in [5, 5.41) is 11.2. The van der Waals surface area contributed by atoms with Crippen LogP contribution in [0.15, 0.2) is 6.07 Å². The minimum Gasteiger partial charge on any atom is -0.507 e. The Morgan fingerprint density at radius 2 is 1.31 bits per heavy atom. The summed E-state index contributed by atoms with van der Waals surface area (Å²) in [6.07, 6.45) is 9.79. The number of aromatic hydroxyl groups is 1. The Morgan fingerprint density at radius 1 is 0.833 bits per heavy atom. The molecule has 5 nitrogen and oxygen atoms in total. The van der Waals surface area contributed by atoms with E-state index < -0.39 is 0 Å². The second-order valence-corrected chi connectivity index (χ2v) is 14.8. The topological polar surface area (TPSA) is 72.8 Å². The summed E-state index contributed by atoms with van der Waals surface area (Å²) >= 11 is 3.40. The van der Waals surface area contributed by atoms with Crippen molar-refractivity contribution in [2.75, 3.05) is 24.7 Å². The molecular formula is C35H60O5S2. The number of ether oxygens (including phenoxy) is 2. The normalized spacial score (nSPS) is 13.1. The molecule has 1 rings (SSSR count). The number of benzene rings is 1. The predicted molar refractivity (Wildman–Crippen MR) is 182 cm³/mol. The highest BCUT2D eigenvalue weighted by atomic mass is 32.2. The van der Waals surface area contributed by atoms with E-state index in [1.807, 2.05) is 0 Å². The van der Waals surface area contributed by atoms with Crippen LogP contribution < -0.4 is 0 Å². The smallest absolute Gasteiger partial charge is 0.306 e. The van der Waals surface area contributed by atoms with Gasteiger partial charge < -0.3 is 14.6 Å². The Balaban J connectivity index is 2.68. The molecule has 0 saturated carbocycles. The summed E-state index contributed by atoms with van der Waals surface area (Å²) in [5.74, 6) is 3.81. The minimum atomic E-state index is -0.203. The van der Waals surface area contributed by atoms with Crippen molar-refractivity contribution in [2.45, 2.75) is 137 Å². The Hall–Kier alpha value is -1.34. The standard InChI is InChI=1S/C35H60O5S2/c1-9-13-15-27(11-3)22-39-32(36)17-19-41-24-29-21-31(35(6,7)8)34(38)30(26(29)5)25-42-20-18-33(37)40-23-28(12-4)16-14-10-2/h21,27-28,38H,9-20,22-25H2,1-8H3. The van der Waals surface area contributed by atoms with Crippen molar-refractivity contribution in [3.8, 4) is 5.75 Å². The van der Waals surface area contributed by atoms with E-state index in [-0.39, 0.29) is 17.4 Å². The molecule has 0 fully saturated rings. The Bertz CT molecular complexity index is 925. The third kappa shape index (κ3) is 14.9. The second-order valence-electron chi connectivity index (χ2n) is 12.6. The summed E-state index contributed by atoms with van der Waals surface area (Å²) in [6.45, 7) is 18.2. The lowest BCUT2D eigenvalue weighted by atomic mass is 9.83. The number of thioether (sulfide) groups is 2. The number of phenols is 1. The monoisotopic (exact) mass is 624 g/mol. The highest BCUT2D eigenvalue weighted by Gasteiger charge is 2.24. The maximum absolute atomic E-state index is 12.3. The van der Waals surface area contributed by atoms with Crippen molar-refractivity contribution >= 4 is 35.5 Å². The first-order valence-corrected chi connectivity index (χ1v) is 18.6. The van der Waals surface area contributed by atoms with Gasteiger partial charge in [0.15, 0.2) is 0 Å².